The van der Waals surface area contributed by atoms with Gasteiger partial charge in [0, 0.05) is 12.6 Å². The summed E-state index contributed by atoms with van der Waals surface area (Å²) in [5.74, 6) is -3.75. The van der Waals surface area contributed by atoms with Crippen molar-refractivity contribution in [2.75, 3.05) is 33.9 Å². The second-order valence-electron chi connectivity index (χ2n) is 4.57. The first-order chi connectivity index (χ1) is 10.8. The second-order valence-corrected chi connectivity index (χ2v) is 4.57. The van der Waals surface area contributed by atoms with Crippen LogP contribution in [0.2, 0.25) is 0 Å². The zero-order valence-electron chi connectivity index (χ0n) is 13.2. The van der Waals surface area contributed by atoms with E-state index in [1.807, 2.05) is 0 Å². The number of nitrogens with one attached hydrogen (secondary N) is 2. The monoisotopic (exact) mass is 367 g/mol. The van der Waals surface area contributed by atoms with Crippen molar-refractivity contribution in [1.82, 2.24) is 10.6 Å². The van der Waals surface area contributed by atoms with Gasteiger partial charge in [0.2, 0.25) is 0 Å². The van der Waals surface area contributed by atoms with Gasteiger partial charge >= 0.3 is 0 Å². The maximum absolute atomic E-state index is 13.0. The van der Waals surface area contributed by atoms with Crippen LogP contribution in [0.15, 0.2) is 18.2 Å². The maximum atomic E-state index is 13.0. The fraction of sp³-hybridized carbons (Fsp3) is 0.429. The van der Waals surface area contributed by atoms with Crippen LogP contribution >= 0.6 is 12.4 Å². The molecule has 0 saturated heterocycles. The molecule has 0 aliphatic carbocycles. The number of halogens is 3. The number of benzene rings is 1. The number of amides is 2. The second kappa shape index (κ2) is 9.89. The maximum Gasteiger partial charge on any atom is 0.277 e. The molecule has 24 heavy (non-hydrogen) atoms. The molecule has 2 amide bonds. The molecule has 0 aliphatic rings. The number of hydrogen-bond acceptors (Lipinski definition) is 5. The summed E-state index contributed by atoms with van der Waals surface area (Å²) >= 11 is 0. The summed E-state index contributed by atoms with van der Waals surface area (Å²) in [6.45, 7) is -1.94. The number of rotatable bonds is 8. The molecule has 1 aromatic rings. The third-order valence-electron chi connectivity index (χ3n) is 2.87. The Kier molecular flexibility index (Phi) is 9.01. The fourth-order valence-corrected chi connectivity index (χ4v) is 1.53. The van der Waals surface area contributed by atoms with Gasteiger partial charge in [-0.1, -0.05) is 0 Å². The van der Waals surface area contributed by atoms with Gasteiger partial charge in [0.05, 0.1) is 20.2 Å². The number of nitrogens with two attached hydrogens (primary N) is 1. The highest BCUT2D eigenvalue weighted by molar-refractivity contribution is 5.95. The predicted octanol–water partition coefficient (Wildman–Crippen LogP) is 0.566. The minimum atomic E-state index is -3.17. The molecule has 0 saturated carbocycles. The zero-order valence-corrected chi connectivity index (χ0v) is 14.0. The topological polar surface area (TPSA) is 103 Å². The lowest BCUT2D eigenvalue weighted by Gasteiger charge is -2.15. The van der Waals surface area contributed by atoms with E-state index < -0.39 is 24.9 Å². The minimum Gasteiger partial charge on any atom is -0.493 e. The Labute approximate surface area is 144 Å². The van der Waals surface area contributed by atoms with E-state index in [1.165, 1.54) is 32.4 Å². The minimum absolute atomic E-state index is 0. The van der Waals surface area contributed by atoms with Crippen molar-refractivity contribution in [2.24, 2.45) is 5.73 Å². The molecule has 4 N–H and O–H groups in total. The third kappa shape index (κ3) is 6.55. The SMILES string of the molecule is CNC(=O)COc1ccc(C(=O)NCC(F)(F)CN)cc1OC.Cl. The Balaban J connectivity index is 0.00000529. The van der Waals surface area contributed by atoms with Crippen LogP contribution in [0.1, 0.15) is 10.4 Å². The number of alkyl halides is 2. The van der Waals surface area contributed by atoms with Crippen LogP contribution in [-0.4, -0.2) is 51.6 Å². The lowest BCUT2D eigenvalue weighted by Crippen LogP contribution is -2.41. The highest BCUT2D eigenvalue weighted by Crippen LogP contribution is 2.28. The van der Waals surface area contributed by atoms with E-state index in [-0.39, 0.29) is 42.0 Å². The van der Waals surface area contributed by atoms with Crippen LogP contribution in [0.3, 0.4) is 0 Å². The number of ether oxygens (including phenoxy) is 2. The standard InChI is InChI=1S/C14H19F2N3O4.ClH/c1-18-12(20)6-23-10-4-3-9(5-11(10)22-2)13(21)19-8-14(15,16)7-17;/h3-5H,6-8,17H2,1-2H3,(H,18,20)(H,19,21);1H. The Morgan fingerprint density at radius 2 is 1.96 bits per heavy atom. The normalized spacial score (nSPS) is 10.4. The van der Waals surface area contributed by atoms with E-state index in [4.69, 9.17) is 15.2 Å². The van der Waals surface area contributed by atoms with Gasteiger partial charge in [-0.15, -0.1) is 12.4 Å². The zero-order chi connectivity index (χ0) is 17.5. The number of carbonyl (C=O) groups is 2. The number of methoxy groups -OCH3 is 1. The van der Waals surface area contributed by atoms with Crippen molar-refractivity contribution in [3.63, 3.8) is 0 Å². The Morgan fingerprint density at radius 1 is 1.29 bits per heavy atom. The van der Waals surface area contributed by atoms with Crippen molar-refractivity contribution in [1.29, 1.82) is 0 Å². The largest absolute Gasteiger partial charge is 0.493 e. The van der Waals surface area contributed by atoms with Crippen molar-refractivity contribution in [3.05, 3.63) is 23.8 Å². The molecule has 10 heteroatoms. The highest BCUT2D eigenvalue weighted by atomic mass is 35.5. The summed E-state index contributed by atoms with van der Waals surface area (Å²) in [7, 11) is 2.82. The van der Waals surface area contributed by atoms with Gasteiger partial charge in [-0.25, -0.2) is 8.78 Å². The van der Waals surface area contributed by atoms with Crippen molar-refractivity contribution in [3.8, 4) is 11.5 Å². The molecule has 136 valence electrons. The van der Waals surface area contributed by atoms with E-state index >= 15 is 0 Å². The Bertz CT molecular complexity index is 573. The molecule has 0 unspecified atom stereocenters. The molecule has 0 atom stereocenters. The van der Waals surface area contributed by atoms with Crippen LogP contribution in [-0.2, 0) is 4.79 Å². The van der Waals surface area contributed by atoms with E-state index in [0.29, 0.717) is 0 Å². The van der Waals surface area contributed by atoms with E-state index in [1.54, 1.807) is 0 Å². The predicted molar refractivity (Wildman–Crippen MR) is 86.1 cm³/mol. The molecule has 0 spiro atoms. The van der Waals surface area contributed by atoms with Crippen LogP contribution in [0, 0.1) is 0 Å². The van der Waals surface area contributed by atoms with Crippen LogP contribution in [0.25, 0.3) is 0 Å². The Morgan fingerprint density at radius 3 is 2.50 bits per heavy atom. The molecule has 0 heterocycles. The first kappa shape index (κ1) is 21.9. The Hall–Kier alpha value is -2.13. The van der Waals surface area contributed by atoms with Crippen molar-refractivity contribution < 1.29 is 27.8 Å². The van der Waals surface area contributed by atoms with Gasteiger partial charge in [-0.05, 0) is 18.2 Å². The highest BCUT2D eigenvalue weighted by Gasteiger charge is 2.27. The molecule has 0 aliphatic heterocycles. The van der Waals surface area contributed by atoms with Gasteiger partial charge < -0.3 is 25.8 Å². The third-order valence-corrected chi connectivity index (χ3v) is 2.87. The summed E-state index contributed by atoms with van der Waals surface area (Å²) in [6.07, 6.45) is 0. The average molecular weight is 368 g/mol. The van der Waals surface area contributed by atoms with Crippen LogP contribution in [0.4, 0.5) is 8.78 Å². The molecule has 7 nitrogen and oxygen atoms in total. The number of hydrogen-bond donors (Lipinski definition) is 3. The summed E-state index contributed by atoms with van der Waals surface area (Å²) < 4.78 is 36.4. The summed E-state index contributed by atoms with van der Waals surface area (Å²) in [6, 6.07) is 4.12. The molecule has 0 fully saturated rings. The van der Waals surface area contributed by atoms with Gasteiger partial charge in [-0.2, -0.15) is 0 Å². The molecule has 0 aromatic heterocycles. The van der Waals surface area contributed by atoms with Crippen LogP contribution in [0.5, 0.6) is 11.5 Å². The van der Waals surface area contributed by atoms with Gasteiger partial charge in [-0.3, -0.25) is 9.59 Å². The fourth-order valence-electron chi connectivity index (χ4n) is 1.53. The summed E-state index contributed by atoms with van der Waals surface area (Å²) in [4.78, 5) is 23.0. The molecular weight excluding hydrogens is 348 g/mol. The van der Waals surface area contributed by atoms with E-state index in [9.17, 15) is 18.4 Å². The van der Waals surface area contributed by atoms with Gasteiger partial charge in [0.25, 0.3) is 17.7 Å². The smallest absolute Gasteiger partial charge is 0.277 e. The quantitative estimate of drug-likeness (QED) is 0.623. The molecule has 0 bridgehead atoms. The lowest BCUT2D eigenvalue weighted by atomic mass is 10.2. The number of carbonyl (C=O) groups excluding carboxylic acids is 2. The molecule has 1 aromatic carbocycles. The lowest BCUT2D eigenvalue weighted by molar-refractivity contribution is -0.122. The summed E-state index contributed by atoms with van der Waals surface area (Å²) in [5.41, 5.74) is 5.01. The first-order valence-corrected chi connectivity index (χ1v) is 6.70. The van der Waals surface area contributed by atoms with Crippen molar-refractivity contribution in [2.45, 2.75) is 5.92 Å². The molecular formula is C14H20ClF2N3O4. The van der Waals surface area contributed by atoms with Gasteiger partial charge in [0.1, 0.15) is 0 Å². The molecule has 0 radical (unpaired) electrons. The summed E-state index contributed by atoms with van der Waals surface area (Å²) in [5, 5.41) is 4.48. The first-order valence-electron chi connectivity index (χ1n) is 6.70. The van der Waals surface area contributed by atoms with Crippen LogP contribution < -0.4 is 25.8 Å². The average Bonchev–Trinajstić information content (AvgIpc) is 2.57. The van der Waals surface area contributed by atoms with Crippen molar-refractivity contribution >= 4 is 24.2 Å². The van der Waals surface area contributed by atoms with E-state index in [2.05, 4.69) is 10.6 Å². The van der Waals surface area contributed by atoms with Gasteiger partial charge in [0.15, 0.2) is 18.1 Å². The molecule has 1 rings (SSSR count). The number of likely N-dealkylation sites (N-methyl/N-ethyl adjacent to an activating group) is 1. The van der Waals surface area contributed by atoms with E-state index in [0.717, 1.165) is 0 Å².